The first-order valence-corrected chi connectivity index (χ1v) is 6.90. The summed E-state index contributed by atoms with van der Waals surface area (Å²) in [5.74, 6) is 0.879. The maximum atomic E-state index is 6.15. The Morgan fingerprint density at radius 1 is 1.50 bits per heavy atom. The summed E-state index contributed by atoms with van der Waals surface area (Å²) in [4.78, 5) is 1.42. The van der Waals surface area contributed by atoms with Crippen molar-refractivity contribution in [1.29, 1.82) is 0 Å². The van der Waals surface area contributed by atoms with Crippen molar-refractivity contribution in [3.8, 4) is 11.4 Å². The summed E-state index contributed by atoms with van der Waals surface area (Å²) in [5.41, 5.74) is 8.62. The van der Waals surface area contributed by atoms with E-state index in [1.807, 2.05) is 4.57 Å². The quantitative estimate of drug-likeness (QED) is 0.913. The van der Waals surface area contributed by atoms with E-state index in [2.05, 4.69) is 10.2 Å². The van der Waals surface area contributed by atoms with Gasteiger partial charge in [-0.25, -0.2) is 0 Å². The van der Waals surface area contributed by atoms with Crippen LogP contribution in [0, 0.1) is 0 Å². The van der Waals surface area contributed by atoms with Gasteiger partial charge in [-0.1, -0.05) is 0 Å². The van der Waals surface area contributed by atoms with Crippen LogP contribution < -0.4 is 5.73 Å². The molecule has 5 nitrogen and oxygen atoms in total. The second kappa shape index (κ2) is 4.70. The molecular formula is C12H16N4OS. The molecule has 0 radical (unpaired) electrons. The maximum absolute atomic E-state index is 6.15. The van der Waals surface area contributed by atoms with E-state index < -0.39 is 0 Å². The average Bonchev–Trinajstić information content (AvgIpc) is 3.01. The van der Waals surface area contributed by atoms with Gasteiger partial charge in [0.2, 0.25) is 0 Å². The summed E-state index contributed by atoms with van der Waals surface area (Å²) in [6.07, 6.45) is 5.22. The van der Waals surface area contributed by atoms with Crippen LogP contribution in [-0.4, -0.2) is 28.5 Å². The fraction of sp³-hybridized carbons (Fsp3) is 0.500. The van der Waals surface area contributed by atoms with Gasteiger partial charge in [-0.3, -0.25) is 0 Å². The fourth-order valence-corrected chi connectivity index (χ4v) is 3.63. The number of nitrogens with two attached hydrogens (primary N) is 1. The molecule has 0 amide bonds. The molecule has 2 aromatic rings. The van der Waals surface area contributed by atoms with Gasteiger partial charge in [-0.2, -0.15) is 0 Å². The Kier molecular flexibility index (Phi) is 3.05. The van der Waals surface area contributed by atoms with Gasteiger partial charge >= 0.3 is 0 Å². The van der Waals surface area contributed by atoms with Gasteiger partial charge in [0.25, 0.3) is 0 Å². The van der Waals surface area contributed by atoms with Gasteiger partial charge in [0.05, 0.1) is 17.2 Å². The van der Waals surface area contributed by atoms with Crippen LogP contribution in [0.15, 0.2) is 6.33 Å². The van der Waals surface area contributed by atoms with Crippen LogP contribution in [0.25, 0.3) is 11.4 Å². The zero-order chi connectivity index (χ0) is 12.5. The lowest BCUT2D eigenvalue weighted by atomic mass is 10.1. The molecule has 2 aromatic heterocycles. The van der Waals surface area contributed by atoms with E-state index in [9.17, 15) is 0 Å². The van der Waals surface area contributed by atoms with Crippen LogP contribution in [0.1, 0.15) is 16.9 Å². The number of ether oxygens (including phenoxy) is 1. The van der Waals surface area contributed by atoms with Crippen LogP contribution in [0.2, 0.25) is 0 Å². The number of thiophene rings is 1. The molecule has 0 saturated carbocycles. The monoisotopic (exact) mass is 264 g/mol. The summed E-state index contributed by atoms with van der Waals surface area (Å²) < 4.78 is 7.12. The number of anilines is 1. The molecule has 18 heavy (non-hydrogen) atoms. The summed E-state index contributed by atoms with van der Waals surface area (Å²) in [7, 11) is 1.70. The first-order valence-electron chi connectivity index (χ1n) is 6.08. The zero-order valence-electron chi connectivity index (χ0n) is 10.3. The molecule has 2 N–H and O–H groups in total. The number of aryl methyl sites for hydroxylation is 1. The average molecular weight is 264 g/mol. The van der Waals surface area contributed by atoms with Crippen molar-refractivity contribution in [3.63, 3.8) is 0 Å². The minimum Gasteiger partial charge on any atom is -0.390 e. The number of methoxy groups -OCH3 is 1. The highest BCUT2D eigenvalue weighted by atomic mass is 32.1. The predicted molar refractivity (Wildman–Crippen MR) is 71.6 cm³/mol. The molecule has 2 heterocycles. The minimum absolute atomic E-state index is 0.650. The number of hydrogen-bond donors (Lipinski definition) is 1. The van der Waals surface area contributed by atoms with E-state index in [1.54, 1.807) is 24.8 Å². The highest BCUT2D eigenvalue weighted by molar-refractivity contribution is 7.16. The molecular weight excluding hydrogens is 248 g/mol. The number of aromatic nitrogens is 3. The van der Waals surface area contributed by atoms with Gasteiger partial charge in [-0.05, 0) is 24.8 Å². The lowest BCUT2D eigenvalue weighted by Gasteiger charge is -2.07. The van der Waals surface area contributed by atoms with Crippen LogP contribution in [0.3, 0.4) is 0 Å². The third-order valence-electron chi connectivity index (χ3n) is 3.32. The van der Waals surface area contributed by atoms with E-state index >= 15 is 0 Å². The van der Waals surface area contributed by atoms with Crippen molar-refractivity contribution in [2.24, 2.45) is 0 Å². The Morgan fingerprint density at radius 2 is 2.39 bits per heavy atom. The van der Waals surface area contributed by atoms with Crippen LogP contribution >= 0.6 is 11.3 Å². The molecule has 1 aliphatic carbocycles. The van der Waals surface area contributed by atoms with Crippen LogP contribution in [0.5, 0.6) is 0 Å². The maximum Gasteiger partial charge on any atom is 0.167 e. The minimum atomic E-state index is 0.650. The number of nitrogens with zero attached hydrogens (tertiary/aromatic N) is 3. The lowest BCUT2D eigenvalue weighted by Crippen LogP contribution is -2.06. The fourth-order valence-electron chi connectivity index (χ4n) is 2.47. The predicted octanol–water partition coefficient (Wildman–Crippen LogP) is 1.72. The molecule has 0 aliphatic heterocycles. The highest BCUT2D eigenvalue weighted by Crippen LogP contribution is 2.42. The Bertz CT molecular complexity index is 560. The summed E-state index contributed by atoms with van der Waals surface area (Å²) in [5, 5.41) is 9.11. The van der Waals surface area contributed by atoms with Crippen LogP contribution in [0.4, 0.5) is 5.00 Å². The van der Waals surface area contributed by atoms with Crippen molar-refractivity contribution >= 4 is 16.3 Å². The first-order chi connectivity index (χ1) is 8.81. The SMILES string of the molecule is COCCn1cnnc1-c1c(N)sc2c1CCC2. The van der Waals surface area contributed by atoms with Gasteiger partial charge in [0.15, 0.2) is 5.82 Å². The van der Waals surface area contributed by atoms with Crippen LogP contribution in [-0.2, 0) is 24.1 Å². The van der Waals surface area contributed by atoms with Crippen molar-refractivity contribution in [2.75, 3.05) is 19.5 Å². The Balaban J connectivity index is 2.02. The molecule has 0 saturated heterocycles. The summed E-state index contributed by atoms with van der Waals surface area (Å²) in [6.45, 7) is 1.40. The number of rotatable bonds is 4. The Hall–Kier alpha value is -1.40. The molecule has 0 atom stereocenters. The van der Waals surface area contributed by atoms with Crippen molar-refractivity contribution in [3.05, 3.63) is 16.8 Å². The smallest absolute Gasteiger partial charge is 0.167 e. The third kappa shape index (κ3) is 1.81. The molecule has 0 bridgehead atoms. The summed E-state index contributed by atoms with van der Waals surface area (Å²) >= 11 is 1.70. The summed E-state index contributed by atoms with van der Waals surface area (Å²) in [6, 6.07) is 0. The first kappa shape index (κ1) is 11.7. The van der Waals surface area contributed by atoms with Gasteiger partial charge < -0.3 is 15.0 Å². The van der Waals surface area contributed by atoms with Crippen molar-refractivity contribution in [1.82, 2.24) is 14.8 Å². The van der Waals surface area contributed by atoms with E-state index in [-0.39, 0.29) is 0 Å². The molecule has 0 aromatic carbocycles. The second-order valence-corrected chi connectivity index (χ2v) is 5.57. The van der Waals surface area contributed by atoms with Crippen molar-refractivity contribution in [2.45, 2.75) is 25.8 Å². The molecule has 6 heteroatoms. The highest BCUT2D eigenvalue weighted by Gasteiger charge is 2.24. The number of hydrogen-bond acceptors (Lipinski definition) is 5. The van der Waals surface area contributed by atoms with E-state index in [0.717, 1.165) is 35.8 Å². The lowest BCUT2D eigenvalue weighted by molar-refractivity contribution is 0.187. The largest absolute Gasteiger partial charge is 0.390 e. The van der Waals surface area contributed by atoms with Gasteiger partial charge in [0.1, 0.15) is 6.33 Å². The van der Waals surface area contributed by atoms with E-state index in [4.69, 9.17) is 10.5 Å². The van der Waals surface area contributed by atoms with E-state index in [1.165, 1.54) is 16.9 Å². The Morgan fingerprint density at radius 3 is 3.22 bits per heavy atom. The third-order valence-corrected chi connectivity index (χ3v) is 4.44. The number of nitrogen functional groups attached to an aromatic ring is 1. The molecule has 3 rings (SSSR count). The standard InChI is InChI=1S/C12H16N4OS/c1-17-6-5-16-7-14-15-12(16)10-8-3-2-4-9(8)18-11(10)13/h7H,2-6,13H2,1H3. The van der Waals surface area contributed by atoms with Crippen molar-refractivity contribution < 1.29 is 4.74 Å². The molecule has 1 aliphatic rings. The molecule has 0 unspecified atom stereocenters. The normalized spacial score (nSPS) is 14.1. The molecule has 0 fully saturated rings. The van der Waals surface area contributed by atoms with Gasteiger partial charge in [-0.15, -0.1) is 21.5 Å². The van der Waals surface area contributed by atoms with Gasteiger partial charge in [0, 0.05) is 18.5 Å². The topological polar surface area (TPSA) is 66.0 Å². The molecule has 96 valence electrons. The number of fused-ring (bicyclic) bond motifs is 1. The second-order valence-electron chi connectivity index (χ2n) is 4.44. The molecule has 0 spiro atoms. The van der Waals surface area contributed by atoms with E-state index in [0.29, 0.717) is 6.61 Å². The Labute approximate surface area is 110 Å². The zero-order valence-corrected chi connectivity index (χ0v) is 11.2.